The van der Waals surface area contributed by atoms with Crippen LogP contribution in [0.1, 0.15) is 23.8 Å². The summed E-state index contributed by atoms with van der Waals surface area (Å²) in [4.78, 5) is 13.9. The standard InChI is InChI=1S/C17H17Cl2NO3/c1-3-22-17(21)13(19)8-15-11-9-20(2)7-6-10-12(18)4-5-14(23-15)16(10)11/h4-5,8H,3,6-7,9H2,1-2H3. The quantitative estimate of drug-likeness (QED) is 0.612. The minimum absolute atomic E-state index is 0.00158. The highest BCUT2D eigenvalue weighted by molar-refractivity contribution is 6.43. The predicted octanol–water partition coefficient (Wildman–Crippen LogP) is 4.22. The normalized spacial score (nSPS) is 15.7. The van der Waals surface area contributed by atoms with Gasteiger partial charge in [-0.25, -0.2) is 4.79 Å². The van der Waals surface area contributed by atoms with E-state index in [9.17, 15) is 4.79 Å². The first-order valence-electron chi connectivity index (χ1n) is 7.47. The van der Waals surface area contributed by atoms with Gasteiger partial charge in [-0.15, -0.1) is 0 Å². The number of hydrogen-bond donors (Lipinski definition) is 0. The van der Waals surface area contributed by atoms with Crippen molar-refractivity contribution in [2.75, 3.05) is 20.2 Å². The van der Waals surface area contributed by atoms with E-state index >= 15 is 0 Å². The van der Waals surface area contributed by atoms with Gasteiger partial charge >= 0.3 is 5.97 Å². The second-order valence-corrected chi connectivity index (χ2v) is 6.36. The number of furan rings is 1. The third-order valence-electron chi connectivity index (χ3n) is 3.94. The van der Waals surface area contributed by atoms with Gasteiger partial charge in [0.15, 0.2) is 0 Å². The molecule has 1 aliphatic heterocycles. The van der Waals surface area contributed by atoms with Gasteiger partial charge in [0.05, 0.1) is 6.61 Å². The first-order valence-corrected chi connectivity index (χ1v) is 8.22. The number of hydrogen-bond acceptors (Lipinski definition) is 4. The smallest absolute Gasteiger partial charge is 0.349 e. The molecule has 6 heteroatoms. The van der Waals surface area contributed by atoms with Crippen LogP contribution in [0.15, 0.2) is 21.6 Å². The molecule has 122 valence electrons. The average molecular weight is 354 g/mol. The molecule has 1 aromatic heterocycles. The van der Waals surface area contributed by atoms with Crippen LogP contribution in [0.4, 0.5) is 0 Å². The zero-order valence-corrected chi connectivity index (χ0v) is 14.5. The fourth-order valence-corrected chi connectivity index (χ4v) is 3.27. The van der Waals surface area contributed by atoms with Crippen LogP contribution in [0.3, 0.4) is 0 Å². The van der Waals surface area contributed by atoms with Gasteiger partial charge < -0.3 is 14.1 Å². The molecule has 2 aromatic rings. The van der Waals surface area contributed by atoms with Crippen molar-refractivity contribution in [3.8, 4) is 0 Å². The van der Waals surface area contributed by atoms with Crippen LogP contribution in [0, 0.1) is 0 Å². The second-order valence-electron chi connectivity index (χ2n) is 5.54. The Balaban J connectivity index is 2.15. The Labute approximate surface area is 144 Å². The average Bonchev–Trinajstić information content (AvgIpc) is 2.73. The molecule has 1 aromatic carbocycles. The number of rotatable bonds is 3. The van der Waals surface area contributed by atoms with E-state index in [4.69, 9.17) is 32.4 Å². The molecular formula is C17H17Cl2NO3. The molecule has 0 N–H and O–H groups in total. The van der Waals surface area contributed by atoms with Gasteiger partial charge in [0, 0.05) is 35.1 Å². The van der Waals surface area contributed by atoms with E-state index in [0.29, 0.717) is 12.3 Å². The molecule has 2 heterocycles. The van der Waals surface area contributed by atoms with Crippen molar-refractivity contribution in [1.29, 1.82) is 0 Å². The summed E-state index contributed by atoms with van der Waals surface area (Å²) >= 11 is 12.4. The number of esters is 1. The van der Waals surface area contributed by atoms with Crippen LogP contribution in [0.25, 0.3) is 17.0 Å². The Kier molecular flexibility index (Phi) is 4.67. The molecule has 0 unspecified atom stereocenters. The van der Waals surface area contributed by atoms with Gasteiger partial charge in [-0.3, -0.25) is 0 Å². The zero-order valence-electron chi connectivity index (χ0n) is 13.0. The summed E-state index contributed by atoms with van der Waals surface area (Å²) in [5.41, 5.74) is 2.84. The Bertz CT molecular complexity index is 795. The van der Waals surface area contributed by atoms with Crippen molar-refractivity contribution >= 4 is 46.2 Å². The third kappa shape index (κ3) is 3.11. The maximum Gasteiger partial charge on any atom is 0.349 e. The number of likely N-dealkylation sites (N-methyl/N-ethyl adjacent to an activating group) is 1. The lowest BCUT2D eigenvalue weighted by Crippen LogP contribution is -2.18. The fraction of sp³-hybridized carbons (Fsp3) is 0.353. The number of halogens is 2. The molecule has 0 radical (unpaired) electrons. The van der Waals surface area contributed by atoms with Crippen molar-refractivity contribution in [2.45, 2.75) is 19.9 Å². The van der Waals surface area contributed by atoms with Gasteiger partial charge in [0.2, 0.25) is 0 Å². The van der Waals surface area contributed by atoms with Crippen molar-refractivity contribution < 1.29 is 13.9 Å². The Morgan fingerprint density at radius 1 is 1.43 bits per heavy atom. The van der Waals surface area contributed by atoms with Crippen LogP contribution in [0.5, 0.6) is 0 Å². The summed E-state index contributed by atoms with van der Waals surface area (Å²) in [6, 6.07) is 3.70. The third-order valence-corrected chi connectivity index (χ3v) is 4.55. The van der Waals surface area contributed by atoms with Crippen molar-refractivity contribution in [1.82, 2.24) is 4.90 Å². The van der Waals surface area contributed by atoms with Crippen LogP contribution >= 0.6 is 23.2 Å². The zero-order chi connectivity index (χ0) is 16.6. The maximum atomic E-state index is 11.7. The highest BCUT2D eigenvalue weighted by Gasteiger charge is 2.23. The Morgan fingerprint density at radius 2 is 2.22 bits per heavy atom. The molecule has 1 aliphatic rings. The Hall–Kier alpha value is -1.49. The molecule has 0 atom stereocenters. The van der Waals surface area contributed by atoms with E-state index in [1.54, 1.807) is 6.92 Å². The molecule has 0 aliphatic carbocycles. The van der Waals surface area contributed by atoms with Crippen LogP contribution < -0.4 is 0 Å². The summed E-state index contributed by atoms with van der Waals surface area (Å²) in [6.45, 7) is 3.63. The summed E-state index contributed by atoms with van der Waals surface area (Å²) in [5, 5.41) is 1.77. The first kappa shape index (κ1) is 16.4. The van der Waals surface area contributed by atoms with E-state index in [-0.39, 0.29) is 11.6 Å². The van der Waals surface area contributed by atoms with Gasteiger partial charge in [0.1, 0.15) is 16.4 Å². The molecule has 0 amide bonds. The van der Waals surface area contributed by atoms with Gasteiger partial charge in [-0.05, 0) is 38.1 Å². The van der Waals surface area contributed by atoms with E-state index in [2.05, 4.69) is 4.90 Å². The van der Waals surface area contributed by atoms with Crippen molar-refractivity contribution in [3.05, 3.63) is 39.1 Å². The number of benzene rings is 1. The van der Waals surface area contributed by atoms with Crippen LogP contribution in [-0.4, -0.2) is 31.1 Å². The molecule has 0 saturated carbocycles. The molecule has 3 rings (SSSR count). The molecule has 23 heavy (non-hydrogen) atoms. The molecule has 0 bridgehead atoms. The summed E-state index contributed by atoms with van der Waals surface area (Å²) < 4.78 is 10.8. The molecule has 0 fully saturated rings. The molecule has 0 saturated heterocycles. The van der Waals surface area contributed by atoms with Crippen molar-refractivity contribution in [2.24, 2.45) is 0 Å². The number of ether oxygens (including phenoxy) is 1. The lowest BCUT2D eigenvalue weighted by Gasteiger charge is -2.13. The monoisotopic (exact) mass is 353 g/mol. The highest BCUT2D eigenvalue weighted by atomic mass is 35.5. The summed E-state index contributed by atoms with van der Waals surface area (Å²) in [7, 11) is 2.04. The Morgan fingerprint density at radius 3 is 2.96 bits per heavy atom. The minimum Gasteiger partial charge on any atom is -0.462 e. The number of nitrogens with zero attached hydrogens (tertiary/aromatic N) is 1. The molecule has 0 spiro atoms. The van der Waals surface area contributed by atoms with Crippen LogP contribution in [-0.2, 0) is 22.5 Å². The van der Waals surface area contributed by atoms with Gasteiger partial charge in [-0.1, -0.05) is 23.2 Å². The van der Waals surface area contributed by atoms with Crippen LogP contribution in [0.2, 0.25) is 5.02 Å². The maximum absolute atomic E-state index is 11.7. The molecule has 4 nitrogen and oxygen atoms in total. The topological polar surface area (TPSA) is 42.7 Å². The number of carbonyl (C=O) groups is 1. The fourth-order valence-electron chi connectivity index (χ4n) is 2.86. The van der Waals surface area contributed by atoms with E-state index in [0.717, 1.165) is 40.1 Å². The van der Waals surface area contributed by atoms with E-state index in [1.807, 2.05) is 19.2 Å². The number of carbonyl (C=O) groups excluding carboxylic acids is 1. The van der Waals surface area contributed by atoms with E-state index in [1.165, 1.54) is 6.08 Å². The van der Waals surface area contributed by atoms with Crippen molar-refractivity contribution in [3.63, 3.8) is 0 Å². The lowest BCUT2D eigenvalue weighted by molar-refractivity contribution is -0.137. The molecular weight excluding hydrogens is 337 g/mol. The largest absolute Gasteiger partial charge is 0.462 e. The minimum atomic E-state index is -0.554. The SMILES string of the molecule is CCOC(=O)C(Cl)=Cc1oc2ccc(Cl)c3c2c1CN(C)CC3. The predicted molar refractivity (Wildman–Crippen MR) is 91.7 cm³/mol. The highest BCUT2D eigenvalue weighted by Crippen LogP contribution is 2.37. The lowest BCUT2D eigenvalue weighted by atomic mass is 10.0. The summed E-state index contributed by atoms with van der Waals surface area (Å²) in [6.07, 6.45) is 2.39. The second kappa shape index (κ2) is 6.56. The van der Waals surface area contributed by atoms with E-state index < -0.39 is 5.97 Å². The van der Waals surface area contributed by atoms with Gasteiger partial charge in [0.25, 0.3) is 0 Å². The van der Waals surface area contributed by atoms with Gasteiger partial charge in [-0.2, -0.15) is 0 Å². The first-order chi connectivity index (χ1) is 11.0. The summed E-state index contributed by atoms with van der Waals surface area (Å²) in [5.74, 6) is 0.0253.